The first-order valence-electron chi connectivity index (χ1n) is 10.5. The highest BCUT2D eigenvalue weighted by atomic mass is 19.1. The highest BCUT2D eigenvalue weighted by Crippen LogP contribution is 2.33. The van der Waals surface area contributed by atoms with Crippen LogP contribution < -0.4 is 0 Å². The molecule has 4 nitrogen and oxygen atoms in total. The molecule has 1 aliphatic heterocycles. The minimum atomic E-state index is -0.206. The molecule has 31 heavy (non-hydrogen) atoms. The first-order chi connectivity index (χ1) is 15.2. The average Bonchev–Trinajstić information content (AvgIpc) is 3.30. The predicted octanol–water partition coefficient (Wildman–Crippen LogP) is 5.34. The fourth-order valence-corrected chi connectivity index (χ4v) is 4.35. The second-order valence-electron chi connectivity index (χ2n) is 7.90. The number of hydrogen-bond acceptors (Lipinski definition) is 3. The van der Waals surface area contributed by atoms with Gasteiger partial charge in [0.25, 0.3) is 5.91 Å². The summed E-state index contributed by atoms with van der Waals surface area (Å²) in [6.45, 7) is 0.700. The molecule has 154 valence electrons. The minimum Gasteiger partial charge on any atom is -0.330 e. The Balaban J connectivity index is 1.39. The number of aromatic nitrogens is 2. The van der Waals surface area contributed by atoms with Gasteiger partial charge in [-0.15, -0.1) is 0 Å². The molecule has 2 aromatic carbocycles. The van der Waals surface area contributed by atoms with Gasteiger partial charge in [-0.1, -0.05) is 42.5 Å². The third-order valence-corrected chi connectivity index (χ3v) is 5.92. The zero-order valence-corrected chi connectivity index (χ0v) is 17.0. The van der Waals surface area contributed by atoms with Crippen LogP contribution in [0.3, 0.4) is 0 Å². The van der Waals surface area contributed by atoms with Gasteiger partial charge < -0.3 is 4.90 Å². The monoisotopic (exact) mass is 411 g/mol. The van der Waals surface area contributed by atoms with Crippen LogP contribution in [0.4, 0.5) is 4.39 Å². The van der Waals surface area contributed by atoms with Crippen LogP contribution in [0.5, 0.6) is 0 Å². The summed E-state index contributed by atoms with van der Waals surface area (Å²) >= 11 is 0. The van der Waals surface area contributed by atoms with Crippen molar-refractivity contribution in [2.45, 2.75) is 25.3 Å². The Morgan fingerprint density at radius 2 is 1.87 bits per heavy atom. The topological polar surface area (TPSA) is 46.1 Å². The van der Waals surface area contributed by atoms with E-state index in [0.717, 1.165) is 35.0 Å². The molecule has 3 heterocycles. The van der Waals surface area contributed by atoms with E-state index in [-0.39, 0.29) is 17.8 Å². The number of amides is 1. The number of halogens is 1. The number of para-hydroxylation sites is 1. The maximum absolute atomic E-state index is 13.9. The lowest BCUT2D eigenvalue weighted by Gasteiger charge is -2.25. The van der Waals surface area contributed by atoms with Gasteiger partial charge in [0.05, 0.1) is 22.8 Å². The van der Waals surface area contributed by atoms with Crippen LogP contribution in [-0.4, -0.2) is 27.3 Å². The van der Waals surface area contributed by atoms with E-state index in [0.29, 0.717) is 24.1 Å². The van der Waals surface area contributed by atoms with E-state index in [2.05, 4.69) is 9.97 Å². The normalized spacial score (nSPS) is 16.0. The van der Waals surface area contributed by atoms with E-state index >= 15 is 0 Å². The Kier molecular flexibility index (Phi) is 5.16. The van der Waals surface area contributed by atoms with E-state index < -0.39 is 0 Å². The van der Waals surface area contributed by atoms with Gasteiger partial charge in [0.1, 0.15) is 5.82 Å². The van der Waals surface area contributed by atoms with Gasteiger partial charge in [0, 0.05) is 30.7 Å². The molecule has 5 rings (SSSR count). The number of nitrogens with zero attached hydrogens (tertiary/aromatic N) is 3. The molecule has 0 saturated carbocycles. The van der Waals surface area contributed by atoms with Crippen LogP contribution in [-0.2, 0) is 6.42 Å². The fraction of sp³-hybridized carbons (Fsp3) is 0.192. The van der Waals surface area contributed by atoms with Gasteiger partial charge in [-0.05, 0) is 48.2 Å². The first-order valence-corrected chi connectivity index (χ1v) is 10.5. The van der Waals surface area contributed by atoms with E-state index in [4.69, 9.17) is 0 Å². The molecule has 1 amide bonds. The largest absolute Gasteiger partial charge is 0.330 e. The second kappa shape index (κ2) is 8.26. The summed E-state index contributed by atoms with van der Waals surface area (Å²) in [5.41, 5.74) is 3.83. The maximum atomic E-state index is 13.9. The standard InChI is InChI=1S/C26H22FN3O/c27-22-10-2-1-6-20(22)16-18-12-13-23(29-17-18)24-11-5-15-30(24)26(31)21-9-3-7-19-8-4-14-28-25(19)21/h1-4,6-10,12-14,17,24H,5,11,15-16H2. The number of benzene rings is 2. The number of rotatable bonds is 4. The summed E-state index contributed by atoms with van der Waals surface area (Å²) in [5, 5.41) is 0.958. The smallest absolute Gasteiger partial charge is 0.256 e. The molecule has 1 atom stereocenters. The number of carbonyl (C=O) groups excluding carboxylic acids is 1. The number of fused-ring (bicyclic) bond motifs is 1. The Labute approximate surface area is 180 Å². The summed E-state index contributed by atoms with van der Waals surface area (Å²) in [5.74, 6) is -0.216. The van der Waals surface area contributed by atoms with Crippen molar-refractivity contribution < 1.29 is 9.18 Å². The lowest BCUT2D eigenvalue weighted by molar-refractivity contribution is 0.0734. The average molecular weight is 411 g/mol. The summed E-state index contributed by atoms with van der Waals surface area (Å²) < 4.78 is 13.9. The van der Waals surface area contributed by atoms with Gasteiger partial charge in [-0.25, -0.2) is 4.39 Å². The summed E-state index contributed by atoms with van der Waals surface area (Å²) in [7, 11) is 0. The molecule has 0 N–H and O–H groups in total. The van der Waals surface area contributed by atoms with E-state index in [9.17, 15) is 9.18 Å². The molecular formula is C26H22FN3O. The van der Waals surface area contributed by atoms with Crippen molar-refractivity contribution in [1.29, 1.82) is 0 Å². The van der Waals surface area contributed by atoms with Crippen molar-refractivity contribution >= 4 is 16.8 Å². The van der Waals surface area contributed by atoms with Crippen molar-refractivity contribution in [3.05, 3.63) is 107 Å². The quantitative estimate of drug-likeness (QED) is 0.456. The van der Waals surface area contributed by atoms with Gasteiger partial charge in [0.15, 0.2) is 0 Å². The molecule has 4 aromatic rings. The van der Waals surface area contributed by atoms with Crippen LogP contribution in [0.2, 0.25) is 0 Å². The Bertz CT molecular complexity index is 1230. The van der Waals surface area contributed by atoms with Crippen molar-refractivity contribution in [1.82, 2.24) is 14.9 Å². The molecule has 5 heteroatoms. The SMILES string of the molecule is O=C(c1cccc2cccnc12)N1CCCC1c1ccc(Cc2ccccc2F)cn1. The molecule has 1 unspecified atom stereocenters. The fourth-order valence-electron chi connectivity index (χ4n) is 4.35. The first kappa shape index (κ1) is 19.4. The third-order valence-electron chi connectivity index (χ3n) is 5.92. The molecule has 0 radical (unpaired) electrons. The van der Waals surface area contributed by atoms with Gasteiger partial charge in [-0.2, -0.15) is 0 Å². The Morgan fingerprint density at radius 3 is 2.71 bits per heavy atom. The molecule has 2 aromatic heterocycles. The zero-order valence-electron chi connectivity index (χ0n) is 17.0. The van der Waals surface area contributed by atoms with Crippen molar-refractivity contribution in [3.63, 3.8) is 0 Å². The van der Waals surface area contributed by atoms with Gasteiger partial charge in [-0.3, -0.25) is 14.8 Å². The van der Waals surface area contributed by atoms with Crippen molar-refractivity contribution in [3.8, 4) is 0 Å². The summed E-state index contributed by atoms with van der Waals surface area (Å²) in [6.07, 6.45) is 5.82. The Morgan fingerprint density at radius 1 is 1.00 bits per heavy atom. The highest BCUT2D eigenvalue weighted by molar-refractivity contribution is 6.05. The number of carbonyl (C=O) groups is 1. The number of pyridine rings is 2. The lowest BCUT2D eigenvalue weighted by Crippen LogP contribution is -2.31. The second-order valence-corrected chi connectivity index (χ2v) is 7.90. The third kappa shape index (κ3) is 3.79. The predicted molar refractivity (Wildman–Crippen MR) is 118 cm³/mol. The number of likely N-dealkylation sites (tertiary alicyclic amines) is 1. The van der Waals surface area contributed by atoms with Crippen LogP contribution in [0.15, 0.2) is 79.1 Å². The molecule has 0 bridgehead atoms. The molecule has 1 fully saturated rings. The highest BCUT2D eigenvalue weighted by Gasteiger charge is 2.32. The van der Waals surface area contributed by atoms with Gasteiger partial charge >= 0.3 is 0 Å². The van der Waals surface area contributed by atoms with E-state index in [1.807, 2.05) is 53.4 Å². The van der Waals surface area contributed by atoms with Crippen molar-refractivity contribution in [2.75, 3.05) is 6.54 Å². The zero-order chi connectivity index (χ0) is 21.2. The van der Waals surface area contributed by atoms with Crippen LogP contribution >= 0.6 is 0 Å². The van der Waals surface area contributed by atoms with E-state index in [1.165, 1.54) is 6.07 Å². The summed E-state index contributed by atoms with van der Waals surface area (Å²) in [6, 6.07) is 20.2. The molecular weight excluding hydrogens is 389 g/mol. The van der Waals surface area contributed by atoms with E-state index in [1.54, 1.807) is 24.5 Å². The van der Waals surface area contributed by atoms with Crippen molar-refractivity contribution in [2.24, 2.45) is 0 Å². The Hall–Kier alpha value is -3.60. The number of hydrogen-bond donors (Lipinski definition) is 0. The molecule has 0 spiro atoms. The van der Waals surface area contributed by atoms with Crippen LogP contribution in [0, 0.1) is 5.82 Å². The minimum absolute atomic E-state index is 0.0102. The molecule has 0 aliphatic carbocycles. The maximum Gasteiger partial charge on any atom is 0.256 e. The lowest BCUT2D eigenvalue weighted by atomic mass is 10.0. The van der Waals surface area contributed by atoms with Crippen LogP contribution in [0.1, 0.15) is 46.1 Å². The molecule has 1 aliphatic rings. The molecule has 1 saturated heterocycles. The summed E-state index contributed by atoms with van der Waals surface area (Å²) in [4.78, 5) is 24.4. The van der Waals surface area contributed by atoms with Gasteiger partial charge in [0.2, 0.25) is 0 Å². The van der Waals surface area contributed by atoms with Crippen LogP contribution in [0.25, 0.3) is 10.9 Å².